The standard InChI is InChI=1S/C12H17ClN2S/c1-8-6-11(12(13)14-7-8)15-10-4-3-5-16-9(10)2/h6-7,9-10,15H,3-5H2,1-2H3. The average Bonchev–Trinajstić information content (AvgIpc) is 2.27. The number of thioether (sulfide) groups is 1. The van der Waals surface area contributed by atoms with Gasteiger partial charge in [0.1, 0.15) is 0 Å². The van der Waals surface area contributed by atoms with Crippen molar-refractivity contribution in [2.45, 2.75) is 38.0 Å². The molecular weight excluding hydrogens is 240 g/mol. The van der Waals surface area contributed by atoms with Crippen LogP contribution in [0.2, 0.25) is 5.15 Å². The maximum Gasteiger partial charge on any atom is 0.152 e. The SMILES string of the molecule is Cc1cnc(Cl)c(NC2CCCSC2C)c1. The number of nitrogens with one attached hydrogen (secondary N) is 1. The first kappa shape index (κ1) is 12.1. The van der Waals surface area contributed by atoms with Crippen LogP contribution in [0.25, 0.3) is 0 Å². The molecule has 0 amide bonds. The van der Waals surface area contributed by atoms with Gasteiger partial charge in [0.15, 0.2) is 5.15 Å². The van der Waals surface area contributed by atoms with E-state index in [1.807, 2.05) is 18.7 Å². The van der Waals surface area contributed by atoms with E-state index in [0.29, 0.717) is 16.4 Å². The van der Waals surface area contributed by atoms with Crippen LogP contribution in [0.5, 0.6) is 0 Å². The van der Waals surface area contributed by atoms with Crippen molar-refractivity contribution < 1.29 is 0 Å². The summed E-state index contributed by atoms with van der Waals surface area (Å²) in [5.41, 5.74) is 2.11. The van der Waals surface area contributed by atoms with Gasteiger partial charge in [0.2, 0.25) is 0 Å². The van der Waals surface area contributed by atoms with E-state index in [1.165, 1.54) is 18.6 Å². The Balaban J connectivity index is 2.10. The third-order valence-corrected chi connectivity index (χ3v) is 4.60. The first-order valence-electron chi connectivity index (χ1n) is 5.67. The molecule has 1 aliphatic rings. The molecule has 4 heteroatoms. The number of nitrogens with zero attached hydrogens (tertiary/aromatic N) is 1. The quantitative estimate of drug-likeness (QED) is 0.816. The van der Waals surface area contributed by atoms with Gasteiger partial charge >= 0.3 is 0 Å². The van der Waals surface area contributed by atoms with E-state index in [2.05, 4.69) is 23.3 Å². The highest BCUT2D eigenvalue weighted by atomic mass is 35.5. The molecule has 1 aromatic heterocycles. The first-order valence-corrected chi connectivity index (χ1v) is 7.10. The third kappa shape index (κ3) is 2.83. The van der Waals surface area contributed by atoms with E-state index in [4.69, 9.17) is 11.6 Å². The van der Waals surface area contributed by atoms with Gasteiger partial charge in [0, 0.05) is 17.5 Å². The Morgan fingerprint density at radius 2 is 2.38 bits per heavy atom. The van der Waals surface area contributed by atoms with Gasteiger partial charge in [-0.25, -0.2) is 4.98 Å². The van der Waals surface area contributed by atoms with Gasteiger partial charge in [-0.15, -0.1) is 0 Å². The second-order valence-electron chi connectivity index (χ2n) is 4.32. The number of aryl methyl sites for hydroxylation is 1. The lowest BCUT2D eigenvalue weighted by molar-refractivity contribution is 0.617. The Bertz CT molecular complexity index is 370. The van der Waals surface area contributed by atoms with E-state index in [0.717, 1.165) is 11.3 Å². The molecule has 1 fully saturated rings. The van der Waals surface area contributed by atoms with Crippen molar-refractivity contribution in [3.63, 3.8) is 0 Å². The summed E-state index contributed by atoms with van der Waals surface area (Å²) in [7, 11) is 0. The fourth-order valence-corrected chi connectivity index (χ4v) is 3.27. The maximum atomic E-state index is 6.08. The molecule has 1 aliphatic heterocycles. The Hall–Kier alpha value is -0.410. The minimum atomic E-state index is 0.514. The second kappa shape index (κ2) is 5.28. The van der Waals surface area contributed by atoms with Gasteiger partial charge in [0.25, 0.3) is 0 Å². The second-order valence-corrected chi connectivity index (χ2v) is 6.16. The largest absolute Gasteiger partial charge is 0.379 e. The topological polar surface area (TPSA) is 24.9 Å². The number of aromatic nitrogens is 1. The van der Waals surface area contributed by atoms with Crippen LogP contribution >= 0.6 is 23.4 Å². The van der Waals surface area contributed by atoms with Gasteiger partial charge in [-0.1, -0.05) is 18.5 Å². The highest BCUT2D eigenvalue weighted by molar-refractivity contribution is 8.00. The van der Waals surface area contributed by atoms with Crippen LogP contribution in [-0.4, -0.2) is 22.0 Å². The lowest BCUT2D eigenvalue weighted by atomic mass is 10.1. The Morgan fingerprint density at radius 1 is 1.56 bits per heavy atom. The molecular formula is C12H17ClN2S. The Labute approximate surface area is 106 Å². The minimum absolute atomic E-state index is 0.514. The fraction of sp³-hybridized carbons (Fsp3) is 0.583. The zero-order valence-corrected chi connectivity index (χ0v) is 11.2. The molecule has 2 atom stereocenters. The van der Waals surface area contributed by atoms with E-state index in [1.54, 1.807) is 6.20 Å². The van der Waals surface area contributed by atoms with Crippen molar-refractivity contribution in [3.8, 4) is 0 Å². The lowest BCUT2D eigenvalue weighted by Gasteiger charge is -2.30. The summed E-state index contributed by atoms with van der Waals surface area (Å²) in [4.78, 5) is 4.17. The summed E-state index contributed by atoms with van der Waals surface area (Å²) in [6.07, 6.45) is 4.30. The van der Waals surface area contributed by atoms with Crippen LogP contribution in [-0.2, 0) is 0 Å². The van der Waals surface area contributed by atoms with Crippen molar-refractivity contribution in [1.82, 2.24) is 4.98 Å². The summed E-state index contributed by atoms with van der Waals surface area (Å²) in [6.45, 7) is 4.31. The van der Waals surface area contributed by atoms with Crippen molar-refractivity contribution in [3.05, 3.63) is 23.0 Å². The average molecular weight is 257 g/mol. The molecule has 2 nitrogen and oxygen atoms in total. The van der Waals surface area contributed by atoms with Crippen LogP contribution < -0.4 is 5.32 Å². The van der Waals surface area contributed by atoms with Crippen molar-refractivity contribution >= 4 is 29.1 Å². The number of rotatable bonds is 2. The Kier molecular flexibility index (Phi) is 3.98. The summed E-state index contributed by atoms with van der Waals surface area (Å²) in [5.74, 6) is 1.28. The third-order valence-electron chi connectivity index (χ3n) is 2.92. The molecule has 0 aliphatic carbocycles. The van der Waals surface area contributed by atoms with Gasteiger partial charge in [0.05, 0.1) is 5.69 Å². The number of pyridine rings is 1. The number of halogens is 1. The van der Waals surface area contributed by atoms with Crippen molar-refractivity contribution in [2.24, 2.45) is 0 Å². The summed E-state index contributed by atoms with van der Waals surface area (Å²) in [6, 6.07) is 2.58. The molecule has 0 spiro atoms. The zero-order valence-electron chi connectivity index (χ0n) is 9.66. The van der Waals surface area contributed by atoms with Gasteiger partial charge in [-0.05, 0) is 37.1 Å². The van der Waals surface area contributed by atoms with Gasteiger partial charge in [-0.2, -0.15) is 11.8 Å². The van der Waals surface area contributed by atoms with Gasteiger partial charge < -0.3 is 5.32 Å². The van der Waals surface area contributed by atoms with Crippen LogP contribution in [0.15, 0.2) is 12.3 Å². The normalized spacial score (nSPS) is 25.4. The fourth-order valence-electron chi connectivity index (χ4n) is 1.97. The molecule has 0 radical (unpaired) electrons. The predicted octanol–water partition coefficient (Wildman–Crippen LogP) is 3.74. The van der Waals surface area contributed by atoms with E-state index >= 15 is 0 Å². The molecule has 1 N–H and O–H groups in total. The van der Waals surface area contributed by atoms with E-state index in [-0.39, 0.29) is 0 Å². The predicted molar refractivity (Wildman–Crippen MR) is 72.5 cm³/mol. The smallest absolute Gasteiger partial charge is 0.152 e. The zero-order chi connectivity index (χ0) is 11.5. The summed E-state index contributed by atoms with van der Waals surface area (Å²) < 4.78 is 0. The van der Waals surface area contributed by atoms with E-state index < -0.39 is 0 Å². The van der Waals surface area contributed by atoms with Crippen LogP contribution in [0.3, 0.4) is 0 Å². The van der Waals surface area contributed by atoms with E-state index in [9.17, 15) is 0 Å². The molecule has 0 bridgehead atoms. The first-order chi connectivity index (χ1) is 7.66. The summed E-state index contributed by atoms with van der Waals surface area (Å²) >= 11 is 8.11. The monoisotopic (exact) mass is 256 g/mol. The summed E-state index contributed by atoms with van der Waals surface area (Å²) in [5, 5.41) is 4.75. The van der Waals surface area contributed by atoms with Crippen LogP contribution in [0, 0.1) is 6.92 Å². The molecule has 16 heavy (non-hydrogen) atoms. The molecule has 0 saturated carbocycles. The molecule has 0 aromatic carbocycles. The molecule has 2 unspecified atom stereocenters. The molecule has 2 rings (SSSR count). The van der Waals surface area contributed by atoms with Crippen molar-refractivity contribution in [1.29, 1.82) is 0 Å². The number of hydrogen-bond donors (Lipinski definition) is 1. The number of hydrogen-bond acceptors (Lipinski definition) is 3. The van der Waals surface area contributed by atoms with Gasteiger partial charge in [-0.3, -0.25) is 0 Å². The van der Waals surface area contributed by atoms with Crippen LogP contribution in [0.1, 0.15) is 25.3 Å². The van der Waals surface area contributed by atoms with Crippen LogP contribution in [0.4, 0.5) is 5.69 Å². The molecule has 2 heterocycles. The molecule has 1 saturated heterocycles. The lowest BCUT2D eigenvalue weighted by Crippen LogP contribution is -2.32. The Morgan fingerprint density at radius 3 is 3.12 bits per heavy atom. The minimum Gasteiger partial charge on any atom is -0.379 e. The maximum absolute atomic E-state index is 6.08. The molecule has 88 valence electrons. The highest BCUT2D eigenvalue weighted by Crippen LogP contribution is 2.29. The molecule has 1 aromatic rings. The highest BCUT2D eigenvalue weighted by Gasteiger charge is 2.22. The van der Waals surface area contributed by atoms with Crippen molar-refractivity contribution in [2.75, 3.05) is 11.1 Å². The number of anilines is 1.